The second kappa shape index (κ2) is 9.12. The van der Waals surface area contributed by atoms with Gasteiger partial charge in [0.05, 0.1) is 26.9 Å². The van der Waals surface area contributed by atoms with Crippen LogP contribution in [0.4, 0.5) is 0 Å². The number of hydrogen-bond donors (Lipinski definition) is 2. The van der Waals surface area contributed by atoms with Gasteiger partial charge in [-0.3, -0.25) is 0 Å². The summed E-state index contributed by atoms with van der Waals surface area (Å²) >= 11 is 0. The molecule has 6 heteroatoms. The fourth-order valence-corrected chi connectivity index (χ4v) is 2.82. The Morgan fingerprint density at radius 2 is 1.62 bits per heavy atom. The van der Waals surface area contributed by atoms with Crippen LogP contribution in [0.1, 0.15) is 11.1 Å². The average molecular weight is 360 g/mol. The van der Waals surface area contributed by atoms with E-state index in [9.17, 15) is 10.2 Å². The lowest BCUT2D eigenvalue weighted by Gasteiger charge is -2.18. The van der Waals surface area contributed by atoms with Gasteiger partial charge in [-0.05, 0) is 23.3 Å². The lowest BCUT2D eigenvalue weighted by molar-refractivity contribution is -0.152. The largest absolute Gasteiger partial charge is 0.497 e. The Balaban J connectivity index is 1.46. The summed E-state index contributed by atoms with van der Waals surface area (Å²) in [7, 11) is 1.61. The molecular formula is C20H24O6. The highest BCUT2D eigenvalue weighted by Crippen LogP contribution is 2.24. The predicted molar refractivity (Wildman–Crippen MR) is 94.6 cm³/mol. The molecule has 3 rings (SSSR count). The molecule has 1 aliphatic heterocycles. The Hall–Kier alpha value is -1.96. The molecule has 1 aliphatic rings. The quantitative estimate of drug-likeness (QED) is 0.748. The molecule has 1 fully saturated rings. The van der Waals surface area contributed by atoms with Gasteiger partial charge in [0, 0.05) is 0 Å². The number of hydrogen-bond acceptors (Lipinski definition) is 6. The van der Waals surface area contributed by atoms with Crippen molar-refractivity contribution in [2.45, 2.75) is 37.8 Å². The number of benzene rings is 2. The third kappa shape index (κ3) is 4.81. The number of aliphatic hydroxyl groups is 2. The Bertz CT molecular complexity index is 660. The van der Waals surface area contributed by atoms with Gasteiger partial charge in [-0.25, -0.2) is 0 Å². The maximum Gasteiger partial charge on any atom is 0.184 e. The molecule has 140 valence electrons. The highest BCUT2D eigenvalue weighted by Gasteiger charge is 2.43. The van der Waals surface area contributed by atoms with Gasteiger partial charge in [-0.1, -0.05) is 42.5 Å². The van der Waals surface area contributed by atoms with Crippen LogP contribution in [0.2, 0.25) is 0 Å². The average Bonchev–Trinajstić information content (AvgIpc) is 2.94. The van der Waals surface area contributed by atoms with E-state index in [0.29, 0.717) is 6.61 Å². The fraction of sp³-hybridized carbons (Fsp3) is 0.400. The first-order valence-electron chi connectivity index (χ1n) is 8.55. The van der Waals surface area contributed by atoms with Gasteiger partial charge >= 0.3 is 0 Å². The zero-order valence-electron chi connectivity index (χ0n) is 14.7. The third-order valence-electron chi connectivity index (χ3n) is 4.31. The second-order valence-corrected chi connectivity index (χ2v) is 6.18. The Kier molecular flexibility index (Phi) is 6.60. The Morgan fingerprint density at radius 1 is 0.923 bits per heavy atom. The van der Waals surface area contributed by atoms with E-state index in [0.717, 1.165) is 16.9 Å². The Labute approximate surface area is 152 Å². The summed E-state index contributed by atoms with van der Waals surface area (Å²) in [6.45, 7) is 0.847. The van der Waals surface area contributed by atoms with Crippen molar-refractivity contribution < 1.29 is 29.2 Å². The van der Waals surface area contributed by atoms with Crippen molar-refractivity contribution in [3.05, 3.63) is 65.7 Å². The first kappa shape index (κ1) is 18.8. The van der Waals surface area contributed by atoms with Gasteiger partial charge in [-0.2, -0.15) is 0 Å². The number of aliphatic hydroxyl groups excluding tert-OH is 2. The van der Waals surface area contributed by atoms with Gasteiger partial charge in [0.15, 0.2) is 6.29 Å². The highest BCUT2D eigenvalue weighted by molar-refractivity contribution is 5.26. The fourth-order valence-electron chi connectivity index (χ4n) is 2.82. The van der Waals surface area contributed by atoms with Crippen LogP contribution in [0.25, 0.3) is 0 Å². The van der Waals surface area contributed by atoms with Crippen molar-refractivity contribution >= 4 is 0 Å². The lowest BCUT2D eigenvalue weighted by atomic mass is 10.1. The highest BCUT2D eigenvalue weighted by atomic mass is 16.7. The zero-order chi connectivity index (χ0) is 18.4. The van der Waals surface area contributed by atoms with Gasteiger partial charge in [-0.15, -0.1) is 0 Å². The first-order chi connectivity index (χ1) is 12.7. The maximum absolute atomic E-state index is 10.4. The monoisotopic (exact) mass is 360 g/mol. The third-order valence-corrected chi connectivity index (χ3v) is 4.31. The van der Waals surface area contributed by atoms with Gasteiger partial charge in [0.2, 0.25) is 0 Å². The van der Waals surface area contributed by atoms with E-state index >= 15 is 0 Å². The van der Waals surface area contributed by atoms with Gasteiger partial charge in [0.25, 0.3) is 0 Å². The molecule has 0 unspecified atom stereocenters. The van der Waals surface area contributed by atoms with E-state index in [4.69, 9.17) is 18.9 Å². The standard InChI is InChI=1S/C20H24O6/c1-23-16-9-7-15(8-10-16)12-25-19-18(21)17(26-20(19)22)13-24-11-14-5-3-2-4-6-14/h2-10,17-22H,11-13H2,1H3/t17-,18-,19-,20-/m1/s1. The summed E-state index contributed by atoms with van der Waals surface area (Å²) in [5.74, 6) is 0.758. The van der Waals surface area contributed by atoms with Crippen LogP contribution in [0.15, 0.2) is 54.6 Å². The minimum absolute atomic E-state index is 0.176. The second-order valence-electron chi connectivity index (χ2n) is 6.18. The number of rotatable bonds is 8. The molecule has 0 spiro atoms. The van der Waals surface area contributed by atoms with E-state index in [1.807, 2.05) is 54.6 Å². The van der Waals surface area contributed by atoms with Crippen LogP contribution in [-0.4, -0.2) is 48.5 Å². The molecule has 0 bridgehead atoms. The van der Waals surface area contributed by atoms with Crippen LogP contribution in [0.5, 0.6) is 5.75 Å². The molecule has 4 atom stereocenters. The van der Waals surface area contributed by atoms with E-state index in [-0.39, 0.29) is 13.2 Å². The normalized spacial score (nSPS) is 25.3. The number of methoxy groups -OCH3 is 1. The summed E-state index contributed by atoms with van der Waals surface area (Å²) in [4.78, 5) is 0. The van der Waals surface area contributed by atoms with Gasteiger partial charge in [0.1, 0.15) is 24.1 Å². The van der Waals surface area contributed by atoms with Crippen molar-refractivity contribution in [2.75, 3.05) is 13.7 Å². The molecule has 0 amide bonds. The van der Waals surface area contributed by atoms with Crippen molar-refractivity contribution in [1.29, 1.82) is 0 Å². The van der Waals surface area contributed by atoms with Crippen molar-refractivity contribution in [3.8, 4) is 5.75 Å². The van der Waals surface area contributed by atoms with E-state index in [2.05, 4.69) is 0 Å². The molecule has 2 aromatic rings. The zero-order valence-corrected chi connectivity index (χ0v) is 14.7. The summed E-state index contributed by atoms with van der Waals surface area (Å²) in [6.07, 6.45) is -3.59. The summed E-state index contributed by atoms with van der Waals surface area (Å²) in [5, 5.41) is 20.4. The molecule has 1 saturated heterocycles. The summed E-state index contributed by atoms with van der Waals surface area (Å²) < 4.78 is 21.7. The topological polar surface area (TPSA) is 77.4 Å². The molecule has 1 heterocycles. The molecule has 6 nitrogen and oxygen atoms in total. The lowest BCUT2D eigenvalue weighted by Crippen LogP contribution is -2.36. The van der Waals surface area contributed by atoms with Crippen LogP contribution in [0.3, 0.4) is 0 Å². The molecular weight excluding hydrogens is 336 g/mol. The molecule has 0 aromatic heterocycles. The van der Waals surface area contributed by atoms with Crippen LogP contribution in [-0.2, 0) is 27.4 Å². The van der Waals surface area contributed by atoms with Crippen LogP contribution < -0.4 is 4.74 Å². The molecule has 0 saturated carbocycles. The molecule has 26 heavy (non-hydrogen) atoms. The van der Waals surface area contributed by atoms with E-state index < -0.39 is 24.6 Å². The Morgan fingerprint density at radius 3 is 2.31 bits per heavy atom. The van der Waals surface area contributed by atoms with E-state index in [1.165, 1.54) is 0 Å². The van der Waals surface area contributed by atoms with Crippen LogP contribution >= 0.6 is 0 Å². The summed E-state index contributed by atoms with van der Waals surface area (Å²) in [6, 6.07) is 17.1. The van der Waals surface area contributed by atoms with E-state index in [1.54, 1.807) is 7.11 Å². The minimum atomic E-state index is -1.19. The van der Waals surface area contributed by atoms with Crippen LogP contribution in [0, 0.1) is 0 Å². The maximum atomic E-state index is 10.4. The number of ether oxygens (including phenoxy) is 4. The molecule has 0 aliphatic carbocycles. The molecule has 2 aromatic carbocycles. The SMILES string of the molecule is COc1ccc(CO[C@@H]2[C@H](O)[C@@H](COCc3ccccc3)O[C@H]2O)cc1. The predicted octanol–water partition coefficient (Wildman–Crippen LogP) is 1.88. The van der Waals surface area contributed by atoms with Gasteiger partial charge < -0.3 is 29.2 Å². The minimum Gasteiger partial charge on any atom is -0.497 e. The molecule has 2 N–H and O–H groups in total. The summed E-state index contributed by atoms with van der Waals surface area (Å²) in [5.41, 5.74) is 1.95. The van der Waals surface area contributed by atoms with Crippen molar-refractivity contribution in [2.24, 2.45) is 0 Å². The van der Waals surface area contributed by atoms with Crippen molar-refractivity contribution in [1.82, 2.24) is 0 Å². The van der Waals surface area contributed by atoms with Crippen molar-refractivity contribution in [3.63, 3.8) is 0 Å². The smallest absolute Gasteiger partial charge is 0.184 e. The molecule has 0 radical (unpaired) electrons. The first-order valence-corrected chi connectivity index (χ1v) is 8.55.